The fourth-order valence-electron chi connectivity index (χ4n) is 2.68. The molecule has 0 aliphatic heterocycles. The summed E-state index contributed by atoms with van der Waals surface area (Å²) < 4.78 is 0. The maximum Gasteiger partial charge on any atom is 0.315 e. The summed E-state index contributed by atoms with van der Waals surface area (Å²) in [6.07, 6.45) is 0.446. The Balaban J connectivity index is 2.12. The molecule has 2 aromatic rings. The molecule has 0 unspecified atom stereocenters. The van der Waals surface area contributed by atoms with E-state index < -0.39 is 5.97 Å². The van der Waals surface area contributed by atoms with Crippen LogP contribution < -0.4 is 10.6 Å². The van der Waals surface area contributed by atoms with E-state index in [0.717, 1.165) is 22.3 Å². The number of aryl methyl sites for hydroxylation is 2. The first-order chi connectivity index (χ1) is 12.0. The molecule has 5 heteroatoms. The van der Waals surface area contributed by atoms with Crippen LogP contribution in [0.4, 0.5) is 4.79 Å². The molecule has 5 nitrogen and oxygen atoms in total. The molecule has 132 valence electrons. The molecule has 0 spiro atoms. The lowest BCUT2D eigenvalue weighted by molar-refractivity contribution is -0.137. The summed E-state index contributed by atoms with van der Waals surface area (Å²) in [4.78, 5) is 22.8. The van der Waals surface area contributed by atoms with E-state index in [1.165, 1.54) is 0 Å². The standard InChI is InChI=1S/C20H24N2O3/c1-14-6-3-8-16(12-14)19(17-9-4-7-15(2)13-17)22-20(25)21-11-5-10-18(23)24/h3-4,6-9,12-13,19H,5,10-11H2,1-2H3,(H,23,24)(H2,21,22,25). The molecule has 2 aromatic carbocycles. The van der Waals surface area contributed by atoms with E-state index in [1.54, 1.807) is 0 Å². The number of carboxylic acids is 1. The van der Waals surface area contributed by atoms with Gasteiger partial charge in [-0.25, -0.2) is 4.79 Å². The second-order valence-corrected chi connectivity index (χ2v) is 6.16. The average molecular weight is 340 g/mol. The zero-order valence-electron chi connectivity index (χ0n) is 14.6. The van der Waals surface area contributed by atoms with Gasteiger partial charge < -0.3 is 15.7 Å². The van der Waals surface area contributed by atoms with Gasteiger partial charge in [0.2, 0.25) is 0 Å². The first kappa shape index (κ1) is 18.5. The minimum atomic E-state index is -0.861. The number of carboxylic acid groups (broad SMARTS) is 1. The summed E-state index contributed by atoms with van der Waals surface area (Å²) in [5, 5.41) is 14.4. The van der Waals surface area contributed by atoms with Gasteiger partial charge in [-0.05, 0) is 31.4 Å². The van der Waals surface area contributed by atoms with Crippen LogP contribution in [0.25, 0.3) is 0 Å². The van der Waals surface area contributed by atoms with Crippen molar-refractivity contribution in [3.63, 3.8) is 0 Å². The maximum atomic E-state index is 12.2. The second-order valence-electron chi connectivity index (χ2n) is 6.16. The van der Waals surface area contributed by atoms with Crippen LogP contribution in [0.5, 0.6) is 0 Å². The van der Waals surface area contributed by atoms with E-state index in [1.807, 2.05) is 50.2 Å². The van der Waals surface area contributed by atoms with E-state index in [-0.39, 0.29) is 18.5 Å². The average Bonchev–Trinajstić information content (AvgIpc) is 2.56. The predicted octanol–water partition coefficient (Wildman–Crippen LogP) is 3.56. The third-order valence-electron chi connectivity index (χ3n) is 3.88. The first-order valence-corrected chi connectivity index (χ1v) is 8.35. The van der Waals surface area contributed by atoms with E-state index in [2.05, 4.69) is 22.8 Å². The van der Waals surface area contributed by atoms with Gasteiger partial charge in [0.25, 0.3) is 0 Å². The van der Waals surface area contributed by atoms with Crippen LogP contribution in [-0.2, 0) is 4.79 Å². The summed E-state index contributed by atoms with van der Waals surface area (Å²) in [6, 6.07) is 15.5. The van der Waals surface area contributed by atoms with Gasteiger partial charge in [0.05, 0.1) is 6.04 Å². The Morgan fingerprint density at radius 3 is 2.04 bits per heavy atom. The number of benzene rings is 2. The van der Waals surface area contributed by atoms with Crippen LogP contribution >= 0.6 is 0 Å². The van der Waals surface area contributed by atoms with Crippen LogP contribution in [0.3, 0.4) is 0 Å². The minimum Gasteiger partial charge on any atom is -0.481 e. The van der Waals surface area contributed by atoms with Crippen LogP contribution in [0.2, 0.25) is 0 Å². The first-order valence-electron chi connectivity index (χ1n) is 8.35. The molecule has 0 aromatic heterocycles. The number of amides is 2. The second kappa shape index (κ2) is 8.87. The monoisotopic (exact) mass is 340 g/mol. The summed E-state index contributed by atoms with van der Waals surface area (Å²) in [5.41, 5.74) is 4.26. The Labute approximate surface area is 148 Å². The van der Waals surface area contributed by atoms with Gasteiger partial charge in [0, 0.05) is 13.0 Å². The molecule has 0 aliphatic rings. The van der Waals surface area contributed by atoms with Crippen molar-refractivity contribution in [1.29, 1.82) is 0 Å². The number of nitrogens with one attached hydrogen (secondary N) is 2. The highest BCUT2D eigenvalue weighted by molar-refractivity contribution is 5.75. The lowest BCUT2D eigenvalue weighted by Gasteiger charge is -2.21. The van der Waals surface area contributed by atoms with Crippen molar-refractivity contribution in [2.45, 2.75) is 32.7 Å². The Morgan fingerprint density at radius 2 is 1.56 bits per heavy atom. The van der Waals surface area contributed by atoms with Crippen LogP contribution in [0.1, 0.15) is 41.1 Å². The molecule has 0 heterocycles. The lowest BCUT2D eigenvalue weighted by atomic mass is 9.96. The fourth-order valence-corrected chi connectivity index (χ4v) is 2.68. The summed E-state index contributed by atoms with van der Waals surface area (Å²) in [6.45, 7) is 4.36. The summed E-state index contributed by atoms with van der Waals surface area (Å²) in [7, 11) is 0. The third kappa shape index (κ3) is 5.95. The zero-order valence-corrected chi connectivity index (χ0v) is 14.6. The number of carbonyl (C=O) groups is 2. The van der Waals surface area contributed by atoms with Crippen molar-refractivity contribution in [1.82, 2.24) is 10.6 Å². The molecule has 0 fully saturated rings. The van der Waals surface area contributed by atoms with Crippen molar-refractivity contribution < 1.29 is 14.7 Å². The normalized spacial score (nSPS) is 10.5. The number of rotatable bonds is 7. The van der Waals surface area contributed by atoms with E-state index >= 15 is 0 Å². The van der Waals surface area contributed by atoms with Gasteiger partial charge in [0.1, 0.15) is 0 Å². The number of hydrogen-bond acceptors (Lipinski definition) is 2. The van der Waals surface area contributed by atoms with Gasteiger partial charge in [-0.3, -0.25) is 4.79 Å². The number of carbonyl (C=O) groups excluding carboxylic acids is 1. The Hall–Kier alpha value is -2.82. The van der Waals surface area contributed by atoms with Crippen molar-refractivity contribution in [3.05, 3.63) is 70.8 Å². The molecule has 2 rings (SSSR count). The van der Waals surface area contributed by atoms with Crippen molar-refractivity contribution in [2.75, 3.05) is 6.54 Å². The van der Waals surface area contributed by atoms with Gasteiger partial charge in [-0.2, -0.15) is 0 Å². The smallest absolute Gasteiger partial charge is 0.315 e. The quantitative estimate of drug-likeness (QED) is 0.674. The molecule has 25 heavy (non-hydrogen) atoms. The Morgan fingerprint density at radius 1 is 1.00 bits per heavy atom. The van der Waals surface area contributed by atoms with Crippen LogP contribution in [-0.4, -0.2) is 23.7 Å². The van der Waals surface area contributed by atoms with Gasteiger partial charge in [-0.1, -0.05) is 59.7 Å². The number of aliphatic carboxylic acids is 1. The fraction of sp³-hybridized carbons (Fsp3) is 0.300. The Kier molecular flexibility index (Phi) is 6.57. The molecular formula is C20H24N2O3. The molecule has 0 bridgehead atoms. The number of hydrogen-bond donors (Lipinski definition) is 3. The maximum absolute atomic E-state index is 12.2. The highest BCUT2D eigenvalue weighted by atomic mass is 16.4. The van der Waals surface area contributed by atoms with Crippen molar-refractivity contribution in [2.24, 2.45) is 0 Å². The minimum absolute atomic E-state index is 0.0411. The molecule has 0 saturated carbocycles. The molecule has 2 amide bonds. The van der Waals surface area contributed by atoms with Crippen molar-refractivity contribution >= 4 is 12.0 Å². The Bertz CT molecular complexity index is 698. The van der Waals surface area contributed by atoms with Gasteiger partial charge in [-0.15, -0.1) is 0 Å². The molecule has 3 N–H and O–H groups in total. The van der Waals surface area contributed by atoms with Crippen LogP contribution in [0.15, 0.2) is 48.5 Å². The largest absolute Gasteiger partial charge is 0.481 e. The van der Waals surface area contributed by atoms with Gasteiger partial charge >= 0.3 is 12.0 Å². The molecule has 0 aliphatic carbocycles. The lowest BCUT2D eigenvalue weighted by Crippen LogP contribution is -2.39. The highest BCUT2D eigenvalue weighted by Gasteiger charge is 2.17. The predicted molar refractivity (Wildman–Crippen MR) is 97.6 cm³/mol. The van der Waals surface area contributed by atoms with Crippen LogP contribution in [0, 0.1) is 13.8 Å². The van der Waals surface area contributed by atoms with Gasteiger partial charge in [0.15, 0.2) is 0 Å². The highest BCUT2D eigenvalue weighted by Crippen LogP contribution is 2.23. The molecule has 0 radical (unpaired) electrons. The number of urea groups is 1. The molecule has 0 atom stereocenters. The van der Waals surface area contributed by atoms with E-state index in [9.17, 15) is 9.59 Å². The molecule has 0 saturated heterocycles. The van der Waals surface area contributed by atoms with E-state index in [0.29, 0.717) is 13.0 Å². The topological polar surface area (TPSA) is 78.4 Å². The summed E-state index contributed by atoms with van der Waals surface area (Å²) >= 11 is 0. The molecular weight excluding hydrogens is 316 g/mol. The SMILES string of the molecule is Cc1cccc(C(NC(=O)NCCCC(=O)O)c2cccc(C)c2)c1. The summed E-state index contributed by atoms with van der Waals surface area (Å²) in [5.74, 6) is -0.861. The van der Waals surface area contributed by atoms with Crippen molar-refractivity contribution in [3.8, 4) is 0 Å². The zero-order chi connectivity index (χ0) is 18.2. The third-order valence-corrected chi connectivity index (χ3v) is 3.88. The van der Waals surface area contributed by atoms with E-state index in [4.69, 9.17) is 5.11 Å².